The van der Waals surface area contributed by atoms with Gasteiger partial charge in [0.25, 0.3) is 0 Å². The summed E-state index contributed by atoms with van der Waals surface area (Å²) < 4.78 is 14.5. The Morgan fingerprint density at radius 2 is 1.95 bits per heavy atom. The summed E-state index contributed by atoms with van der Waals surface area (Å²) in [5.41, 5.74) is 0.725. The molecule has 0 spiro atoms. The molecule has 20 heavy (non-hydrogen) atoms. The topological polar surface area (TPSA) is 12.0 Å². The van der Waals surface area contributed by atoms with Gasteiger partial charge in [0, 0.05) is 12.0 Å². The minimum Gasteiger partial charge on any atom is -0.316 e. The van der Waals surface area contributed by atoms with Crippen LogP contribution in [0.5, 0.6) is 0 Å². The highest BCUT2D eigenvalue weighted by molar-refractivity contribution is 6.30. The van der Waals surface area contributed by atoms with Crippen LogP contribution in [0.1, 0.15) is 51.5 Å². The van der Waals surface area contributed by atoms with E-state index >= 15 is 0 Å². The van der Waals surface area contributed by atoms with E-state index in [4.69, 9.17) is 11.6 Å². The second-order valence-corrected chi connectivity index (χ2v) is 6.87. The number of rotatable bonds is 5. The molecule has 0 aliphatic heterocycles. The number of nitrogens with one attached hydrogen (secondary N) is 1. The molecule has 0 radical (unpaired) electrons. The SMILES string of the molecule is CC(C)CNCC1(c2cccc(Cl)c2F)CCCCC1. The van der Waals surface area contributed by atoms with Gasteiger partial charge in [-0.15, -0.1) is 0 Å². The summed E-state index contributed by atoms with van der Waals surface area (Å²) in [4.78, 5) is 0. The molecule has 0 aromatic heterocycles. The molecule has 0 bridgehead atoms. The Labute approximate surface area is 126 Å². The van der Waals surface area contributed by atoms with Crippen LogP contribution >= 0.6 is 11.6 Å². The standard InChI is InChI=1S/C17H25ClFN/c1-13(2)11-20-12-17(9-4-3-5-10-17)14-7-6-8-15(18)16(14)19/h6-8,13,20H,3-5,9-12H2,1-2H3. The fraction of sp³-hybridized carbons (Fsp3) is 0.647. The fourth-order valence-electron chi connectivity index (χ4n) is 3.28. The lowest BCUT2D eigenvalue weighted by atomic mass is 9.69. The molecule has 2 rings (SSSR count). The minimum atomic E-state index is -0.220. The zero-order valence-corrected chi connectivity index (χ0v) is 13.3. The molecule has 1 saturated carbocycles. The number of benzene rings is 1. The van der Waals surface area contributed by atoms with Crippen molar-refractivity contribution in [2.75, 3.05) is 13.1 Å². The van der Waals surface area contributed by atoms with E-state index < -0.39 is 0 Å². The van der Waals surface area contributed by atoms with Crippen molar-refractivity contribution in [3.8, 4) is 0 Å². The van der Waals surface area contributed by atoms with E-state index in [2.05, 4.69) is 19.2 Å². The van der Waals surface area contributed by atoms with Gasteiger partial charge in [-0.25, -0.2) is 4.39 Å². The van der Waals surface area contributed by atoms with Gasteiger partial charge in [-0.1, -0.05) is 56.8 Å². The Morgan fingerprint density at radius 3 is 2.60 bits per heavy atom. The van der Waals surface area contributed by atoms with Gasteiger partial charge in [-0.2, -0.15) is 0 Å². The van der Waals surface area contributed by atoms with Gasteiger partial charge in [0.2, 0.25) is 0 Å². The molecule has 0 amide bonds. The maximum absolute atomic E-state index is 14.5. The molecular weight excluding hydrogens is 273 g/mol. The Kier molecular flexibility index (Phi) is 5.45. The second-order valence-electron chi connectivity index (χ2n) is 6.47. The Morgan fingerprint density at radius 1 is 1.25 bits per heavy atom. The summed E-state index contributed by atoms with van der Waals surface area (Å²) in [6.07, 6.45) is 5.71. The van der Waals surface area contributed by atoms with E-state index in [-0.39, 0.29) is 16.3 Å². The third-order valence-electron chi connectivity index (χ3n) is 4.35. The van der Waals surface area contributed by atoms with Crippen LogP contribution in [0.2, 0.25) is 5.02 Å². The molecule has 1 N–H and O–H groups in total. The fourth-order valence-corrected chi connectivity index (χ4v) is 3.46. The normalized spacial score (nSPS) is 18.4. The molecule has 1 fully saturated rings. The first-order chi connectivity index (χ1) is 9.55. The Balaban J connectivity index is 2.24. The van der Waals surface area contributed by atoms with Gasteiger partial charge in [0.1, 0.15) is 5.82 Å². The lowest BCUT2D eigenvalue weighted by Gasteiger charge is -2.38. The average Bonchev–Trinajstić information content (AvgIpc) is 2.42. The highest BCUT2D eigenvalue weighted by atomic mass is 35.5. The highest BCUT2D eigenvalue weighted by Crippen LogP contribution is 2.41. The van der Waals surface area contributed by atoms with Gasteiger partial charge in [-0.3, -0.25) is 0 Å². The molecule has 3 heteroatoms. The molecule has 1 aliphatic carbocycles. The molecule has 1 aliphatic rings. The van der Waals surface area contributed by atoms with Crippen molar-refractivity contribution in [2.45, 2.75) is 51.4 Å². The Bertz CT molecular complexity index is 439. The van der Waals surface area contributed by atoms with Crippen LogP contribution in [0, 0.1) is 11.7 Å². The predicted molar refractivity (Wildman–Crippen MR) is 83.9 cm³/mol. The van der Waals surface area contributed by atoms with Crippen molar-refractivity contribution in [2.24, 2.45) is 5.92 Å². The zero-order valence-electron chi connectivity index (χ0n) is 12.5. The van der Waals surface area contributed by atoms with E-state index in [1.54, 1.807) is 6.07 Å². The molecule has 1 nitrogen and oxygen atoms in total. The van der Waals surface area contributed by atoms with Crippen molar-refractivity contribution in [3.63, 3.8) is 0 Å². The third-order valence-corrected chi connectivity index (χ3v) is 4.64. The van der Waals surface area contributed by atoms with Crippen molar-refractivity contribution in [1.82, 2.24) is 5.32 Å². The van der Waals surface area contributed by atoms with Crippen LogP contribution in [0.3, 0.4) is 0 Å². The zero-order chi connectivity index (χ0) is 14.6. The molecule has 1 aromatic carbocycles. The molecule has 0 heterocycles. The van der Waals surface area contributed by atoms with Gasteiger partial charge in [0.15, 0.2) is 0 Å². The van der Waals surface area contributed by atoms with E-state index in [1.165, 1.54) is 19.3 Å². The van der Waals surface area contributed by atoms with Crippen molar-refractivity contribution in [1.29, 1.82) is 0 Å². The molecular formula is C17H25ClFN. The maximum Gasteiger partial charge on any atom is 0.145 e. The number of halogens is 2. The molecule has 0 atom stereocenters. The summed E-state index contributed by atoms with van der Waals surface area (Å²) in [7, 11) is 0. The lowest BCUT2D eigenvalue weighted by molar-refractivity contribution is 0.268. The van der Waals surface area contributed by atoms with E-state index in [1.807, 2.05) is 12.1 Å². The van der Waals surface area contributed by atoms with Crippen LogP contribution < -0.4 is 5.32 Å². The minimum absolute atomic E-state index is 0.0812. The first-order valence-electron chi connectivity index (χ1n) is 7.70. The highest BCUT2D eigenvalue weighted by Gasteiger charge is 2.36. The molecule has 112 valence electrons. The van der Waals surface area contributed by atoms with Gasteiger partial charge >= 0.3 is 0 Å². The first-order valence-corrected chi connectivity index (χ1v) is 8.08. The largest absolute Gasteiger partial charge is 0.316 e. The summed E-state index contributed by atoms with van der Waals surface area (Å²) in [5.74, 6) is 0.391. The van der Waals surface area contributed by atoms with Crippen LogP contribution in [-0.2, 0) is 5.41 Å². The lowest BCUT2D eigenvalue weighted by Crippen LogP contribution is -2.41. The second kappa shape index (κ2) is 6.91. The van der Waals surface area contributed by atoms with Crippen molar-refractivity contribution >= 4 is 11.6 Å². The van der Waals surface area contributed by atoms with Crippen LogP contribution in [-0.4, -0.2) is 13.1 Å². The Hall–Kier alpha value is -0.600. The molecule has 1 aromatic rings. The monoisotopic (exact) mass is 297 g/mol. The van der Waals surface area contributed by atoms with Crippen LogP contribution in [0.25, 0.3) is 0 Å². The van der Waals surface area contributed by atoms with E-state index in [0.717, 1.165) is 31.5 Å². The van der Waals surface area contributed by atoms with E-state index in [0.29, 0.717) is 5.92 Å². The summed E-state index contributed by atoms with van der Waals surface area (Å²) in [6, 6.07) is 5.43. The summed E-state index contributed by atoms with van der Waals surface area (Å²) in [6.45, 7) is 6.22. The summed E-state index contributed by atoms with van der Waals surface area (Å²) in [5, 5.41) is 3.78. The van der Waals surface area contributed by atoms with Gasteiger partial charge < -0.3 is 5.32 Å². The molecule has 0 unspecified atom stereocenters. The van der Waals surface area contributed by atoms with Gasteiger partial charge in [0.05, 0.1) is 5.02 Å². The van der Waals surface area contributed by atoms with E-state index in [9.17, 15) is 4.39 Å². The van der Waals surface area contributed by atoms with Crippen molar-refractivity contribution in [3.05, 3.63) is 34.6 Å². The third kappa shape index (κ3) is 3.53. The smallest absolute Gasteiger partial charge is 0.145 e. The first kappa shape index (κ1) is 15.8. The average molecular weight is 298 g/mol. The van der Waals surface area contributed by atoms with Crippen molar-refractivity contribution < 1.29 is 4.39 Å². The quantitative estimate of drug-likeness (QED) is 0.813. The van der Waals surface area contributed by atoms with Crippen LogP contribution in [0.4, 0.5) is 4.39 Å². The maximum atomic E-state index is 14.5. The predicted octanol–water partition coefficient (Wildman–Crippen LogP) is 4.93. The molecule has 0 saturated heterocycles. The number of hydrogen-bond acceptors (Lipinski definition) is 1. The summed E-state index contributed by atoms with van der Waals surface area (Å²) >= 11 is 5.98. The van der Waals surface area contributed by atoms with Crippen LogP contribution in [0.15, 0.2) is 18.2 Å². The van der Waals surface area contributed by atoms with Gasteiger partial charge in [-0.05, 0) is 36.9 Å². The number of hydrogen-bond donors (Lipinski definition) is 1.